The highest BCUT2D eigenvalue weighted by molar-refractivity contribution is 5.92. The Morgan fingerprint density at radius 1 is 0.885 bits per heavy atom. The zero-order valence-corrected chi connectivity index (χ0v) is 16.2. The van der Waals surface area contributed by atoms with Crippen LogP contribution < -0.4 is 10.6 Å². The van der Waals surface area contributed by atoms with Gasteiger partial charge in [0.2, 0.25) is 11.8 Å². The molecule has 0 heterocycles. The second kappa shape index (κ2) is 9.37. The molecule has 0 spiro atoms. The SMILES string of the molecule is CC(C)CC[C@H](C)NC(=O)[C@@H](C)NC(=O)Cc1cccc2ccccc12. The van der Waals surface area contributed by atoms with Crippen molar-refractivity contribution in [3.05, 3.63) is 48.0 Å². The van der Waals surface area contributed by atoms with E-state index in [0.717, 1.165) is 29.2 Å². The molecule has 4 heteroatoms. The summed E-state index contributed by atoms with van der Waals surface area (Å²) in [5, 5.41) is 7.98. The fourth-order valence-corrected chi connectivity index (χ4v) is 3.00. The van der Waals surface area contributed by atoms with E-state index in [4.69, 9.17) is 0 Å². The zero-order chi connectivity index (χ0) is 19.1. The number of fused-ring (bicyclic) bond motifs is 1. The van der Waals surface area contributed by atoms with Crippen molar-refractivity contribution in [2.45, 2.75) is 59.0 Å². The van der Waals surface area contributed by atoms with Crippen LogP contribution in [-0.2, 0) is 16.0 Å². The summed E-state index contributed by atoms with van der Waals surface area (Å²) < 4.78 is 0. The fraction of sp³-hybridized carbons (Fsp3) is 0.455. The molecule has 0 unspecified atom stereocenters. The van der Waals surface area contributed by atoms with Gasteiger partial charge in [-0.1, -0.05) is 56.3 Å². The van der Waals surface area contributed by atoms with Crippen LogP contribution in [-0.4, -0.2) is 23.9 Å². The summed E-state index contributed by atoms with van der Waals surface area (Å²) in [4.78, 5) is 24.7. The van der Waals surface area contributed by atoms with Crippen LogP contribution in [0.5, 0.6) is 0 Å². The molecule has 0 fully saturated rings. The Balaban J connectivity index is 1.89. The lowest BCUT2D eigenvalue weighted by molar-refractivity contribution is -0.128. The van der Waals surface area contributed by atoms with Crippen LogP contribution in [0.15, 0.2) is 42.5 Å². The number of carbonyl (C=O) groups excluding carboxylic acids is 2. The van der Waals surface area contributed by atoms with Crippen LogP contribution in [0.4, 0.5) is 0 Å². The van der Waals surface area contributed by atoms with Crippen molar-refractivity contribution in [3.8, 4) is 0 Å². The Bertz CT molecular complexity index is 749. The van der Waals surface area contributed by atoms with Crippen molar-refractivity contribution in [3.63, 3.8) is 0 Å². The molecule has 140 valence electrons. The number of benzene rings is 2. The normalized spacial score (nSPS) is 13.4. The molecule has 2 aromatic rings. The van der Waals surface area contributed by atoms with Crippen molar-refractivity contribution < 1.29 is 9.59 Å². The van der Waals surface area contributed by atoms with E-state index < -0.39 is 6.04 Å². The van der Waals surface area contributed by atoms with E-state index in [1.165, 1.54) is 0 Å². The average molecular weight is 354 g/mol. The van der Waals surface area contributed by atoms with Crippen LogP contribution in [0.1, 0.15) is 46.1 Å². The van der Waals surface area contributed by atoms with E-state index in [1.807, 2.05) is 49.4 Å². The van der Waals surface area contributed by atoms with E-state index in [-0.39, 0.29) is 24.3 Å². The second-order valence-corrected chi connectivity index (χ2v) is 7.49. The number of carbonyl (C=O) groups is 2. The Hall–Kier alpha value is -2.36. The molecule has 4 nitrogen and oxygen atoms in total. The van der Waals surface area contributed by atoms with Crippen molar-refractivity contribution in [2.24, 2.45) is 5.92 Å². The van der Waals surface area contributed by atoms with E-state index >= 15 is 0 Å². The quantitative estimate of drug-likeness (QED) is 0.757. The third kappa shape index (κ3) is 5.87. The predicted molar refractivity (Wildman–Crippen MR) is 107 cm³/mol. The first-order chi connectivity index (χ1) is 12.4. The van der Waals surface area contributed by atoms with E-state index in [0.29, 0.717) is 5.92 Å². The first kappa shape index (κ1) is 20.0. The average Bonchev–Trinajstić information content (AvgIpc) is 2.60. The standard InChI is InChI=1S/C22H30N2O2/c1-15(2)12-13-16(3)23-22(26)17(4)24-21(25)14-19-10-7-9-18-8-5-6-11-20(18)19/h5-11,15-17H,12-14H2,1-4H3,(H,23,26)(H,24,25)/t16-,17+/m0/s1. The molecule has 2 N–H and O–H groups in total. The van der Waals surface area contributed by atoms with E-state index in [9.17, 15) is 9.59 Å². The van der Waals surface area contributed by atoms with Gasteiger partial charge in [-0.2, -0.15) is 0 Å². The molecule has 0 aliphatic carbocycles. The highest BCUT2D eigenvalue weighted by atomic mass is 16.2. The maximum Gasteiger partial charge on any atom is 0.242 e. The molecule has 26 heavy (non-hydrogen) atoms. The number of nitrogens with one attached hydrogen (secondary N) is 2. The Labute approximate surface area is 156 Å². The van der Waals surface area contributed by atoms with Crippen LogP contribution in [0, 0.1) is 5.92 Å². The third-order valence-electron chi connectivity index (χ3n) is 4.57. The lowest BCUT2D eigenvalue weighted by Gasteiger charge is -2.19. The summed E-state index contributed by atoms with van der Waals surface area (Å²) in [6.45, 7) is 8.08. The highest BCUT2D eigenvalue weighted by Crippen LogP contribution is 2.18. The number of hydrogen-bond acceptors (Lipinski definition) is 2. The topological polar surface area (TPSA) is 58.2 Å². The van der Waals surface area contributed by atoms with Crippen molar-refractivity contribution in [1.82, 2.24) is 10.6 Å². The molecule has 0 aliphatic heterocycles. The van der Waals surface area contributed by atoms with Gasteiger partial charge in [0.1, 0.15) is 6.04 Å². The molecule has 0 bridgehead atoms. The van der Waals surface area contributed by atoms with E-state index in [1.54, 1.807) is 6.92 Å². The molecular formula is C22H30N2O2. The van der Waals surface area contributed by atoms with Gasteiger partial charge in [-0.15, -0.1) is 0 Å². The molecule has 0 saturated heterocycles. The van der Waals surface area contributed by atoms with Gasteiger partial charge in [-0.05, 0) is 48.9 Å². The third-order valence-corrected chi connectivity index (χ3v) is 4.57. The minimum absolute atomic E-state index is 0.113. The van der Waals surface area contributed by atoms with Crippen LogP contribution in [0.2, 0.25) is 0 Å². The van der Waals surface area contributed by atoms with E-state index in [2.05, 4.69) is 24.5 Å². The highest BCUT2D eigenvalue weighted by Gasteiger charge is 2.18. The summed E-state index contributed by atoms with van der Waals surface area (Å²) >= 11 is 0. The molecule has 2 atom stereocenters. The van der Waals surface area contributed by atoms with Gasteiger partial charge >= 0.3 is 0 Å². The van der Waals surface area contributed by atoms with Crippen molar-refractivity contribution in [2.75, 3.05) is 0 Å². The Morgan fingerprint density at radius 3 is 2.31 bits per heavy atom. The molecule has 2 rings (SSSR count). The Kier molecular flexibility index (Phi) is 7.19. The number of amides is 2. The summed E-state index contributed by atoms with van der Waals surface area (Å²) in [5.74, 6) is 0.346. The zero-order valence-electron chi connectivity index (χ0n) is 16.2. The van der Waals surface area contributed by atoms with Gasteiger partial charge in [0.25, 0.3) is 0 Å². The van der Waals surface area contributed by atoms with Gasteiger partial charge in [0.05, 0.1) is 6.42 Å². The second-order valence-electron chi connectivity index (χ2n) is 7.49. The Morgan fingerprint density at radius 2 is 1.58 bits per heavy atom. The fourth-order valence-electron chi connectivity index (χ4n) is 3.00. The van der Waals surface area contributed by atoms with Crippen LogP contribution >= 0.6 is 0 Å². The summed E-state index contributed by atoms with van der Waals surface area (Å²) in [5.41, 5.74) is 0.971. The van der Waals surface area contributed by atoms with Crippen molar-refractivity contribution in [1.29, 1.82) is 0 Å². The molecule has 2 aromatic carbocycles. The monoisotopic (exact) mass is 354 g/mol. The number of rotatable bonds is 8. The molecular weight excluding hydrogens is 324 g/mol. The summed E-state index contributed by atoms with van der Waals surface area (Å²) in [7, 11) is 0. The molecule has 0 radical (unpaired) electrons. The van der Waals surface area contributed by atoms with Gasteiger partial charge in [-0.3, -0.25) is 9.59 Å². The largest absolute Gasteiger partial charge is 0.352 e. The molecule has 0 aliphatic rings. The van der Waals surface area contributed by atoms with Gasteiger partial charge in [0.15, 0.2) is 0 Å². The van der Waals surface area contributed by atoms with Crippen LogP contribution in [0.25, 0.3) is 10.8 Å². The number of hydrogen-bond donors (Lipinski definition) is 2. The maximum absolute atomic E-state index is 12.4. The predicted octanol–water partition coefficient (Wildman–Crippen LogP) is 3.83. The first-order valence-corrected chi connectivity index (χ1v) is 9.43. The molecule has 0 aromatic heterocycles. The first-order valence-electron chi connectivity index (χ1n) is 9.43. The van der Waals surface area contributed by atoms with Crippen molar-refractivity contribution >= 4 is 22.6 Å². The summed E-state index contributed by atoms with van der Waals surface area (Å²) in [6, 6.07) is 13.5. The minimum Gasteiger partial charge on any atom is -0.352 e. The maximum atomic E-state index is 12.4. The summed E-state index contributed by atoms with van der Waals surface area (Å²) in [6.07, 6.45) is 2.28. The van der Waals surface area contributed by atoms with Gasteiger partial charge in [-0.25, -0.2) is 0 Å². The van der Waals surface area contributed by atoms with Gasteiger partial charge in [0, 0.05) is 6.04 Å². The van der Waals surface area contributed by atoms with Gasteiger partial charge < -0.3 is 10.6 Å². The smallest absolute Gasteiger partial charge is 0.242 e. The lowest BCUT2D eigenvalue weighted by atomic mass is 10.0. The lowest BCUT2D eigenvalue weighted by Crippen LogP contribution is -2.47. The molecule has 2 amide bonds. The minimum atomic E-state index is -0.543. The molecule has 0 saturated carbocycles. The van der Waals surface area contributed by atoms with Crippen LogP contribution in [0.3, 0.4) is 0 Å².